The first-order chi connectivity index (χ1) is 13.7. The summed E-state index contributed by atoms with van der Waals surface area (Å²) in [5.41, 5.74) is 1.88. The minimum Gasteiger partial charge on any atom is -0.497 e. The van der Waals surface area contributed by atoms with Crippen LogP contribution in [0.1, 0.15) is 5.56 Å². The lowest BCUT2D eigenvalue weighted by molar-refractivity contribution is 0.298. The third-order valence-electron chi connectivity index (χ3n) is 4.38. The Kier molecular flexibility index (Phi) is 5.04. The summed E-state index contributed by atoms with van der Waals surface area (Å²) in [5.74, 6) is 1.27. The van der Waals surface area contributed by atoms with Crippen LogP contribution < -0.4 is 14.9 Å². The number of rotatable bonds is 5. The van der Waals surface area contributed by atoms with Crippen LogP contribution in [-0.4, -0.2) is 7.11 Å². The summed E-state index contributed by atoms with van der Waals surface area (Å²) in [6.07, 6.45) is 0. The Morgan fingerprint density at radius 1 is 0.964 bits per heavy atom. The van der Waals surface area contributed by atoms with Crippen molar-refractivity contribution in [2.75, 3.05) is 7.11 Å². The van der Waals surface area contributed by atoms with Crippen LogP contribution in [0.15, 0.2) is 82.0 Å². The molecule has 0 aliphatic carbocycles. The zero-order chi connectivity index (χ0) is 19.5. The van der Waals surface area contributed by atoms with Crippen molar-refractivity contribution in [2.24, 2.45) is 0 Å². The molecule has 0 bridgehead atoms. The highest BCUT2D eigenvalue weighted by Gasteiger charge is 2.18. The van der Waals surface area contributed by atoms with Crippen LogP contribution in [0, 0.1) is 0 Å². The molecule has 4 nitrogen and oxygen atoms in total. The van der Waals surface area contributed by atoms with Gasteiger partial charge in [-0.15, -0.1) is 0 Å². The van der Waals surface area contributed by atoms with Gasteiger partial charge in [-0.1, -0.05) is 35.9 Å². The Morgan fingerprint density at radius 3 is 2.50 bits per heavy atom. The molecule has 0 radical (unpaired) electrons. The summed E-state index contributed by atoms with van der Waals surface area (Å²) in [6, 6.07) is 21.7. The lowest BCUT2D eigenvalue weighted by atomic mass is 10.1. The maximum Gasteiger partial charge on any atom is 0.235 e. The molecule has 0 fully saturated rings. The van der Waals surface area contributed by atoms with Crippen LogP contribution in [0.2, 0.25) is 5.02 Å². The fourth-order valence-electron chi connectivity index (χ4n) is 2.97. The van der Waals surface area contributed by atoms with Crippen molar-refractivity contribution in [3.63, 3.8) is 0 Å². The molecular weight excluding hydrogens is 376 g/mol. The predicted octanol–water partition coefficient (Wildman–Crippen LogP) is 5.70. The van der Waals surface area contributed by atoms with Gasteiger partial charge in [0.15, 0.2) is 5.76 Å². The molecular formula is C23H17ClO4. The highest BCUT2D eigenvalue weighted by atomic mass is 35.5. The molecule has 0 saturated heterocycles. The van der Waals surface area contributed by atoms with E-state index < -0.39 is 0 Å². The van der Waals surface area contributed by atoms with Gasteiger partial charge in [0.25, 0.3) is 0 Å². The SMILES string of the molecule is COc1ccc(-c2oc3ccccc3c(=O)c2OCc2cccc(Cl)c2)cc1. The fraction of sp³-hybridized carbons (Fsp3) is 0.0870. The Balaban J connectivity index is 1.81. The summed E-state index contributed by atoms with van der Waals surface area (Å²) >= 11 is 6.04. The second-order valence-electron chi connectivity index (χ2n) is 6.23. The molecule has 0 N–H and O–H groups in total. The number of halogens is 1. The third kappa shape index (κ3) is 3.59. The van der Waals surface area contributed by atoms with Crippen LogP contribution in [0.5, 0.6) is 11.5 Å². The quantitative estimate of drug-likeness (QED) is 0.437. The van der Waals surface area contributed by atoms with Gasteiger partial charge in [0, 0.05) is 10.6 Å². The smallest absolute Gasteiger partial charge is 0.235 e. The van der Waals surface area contributed by atoms with Gasteiger partial charge in [-0.3, -0.25) is 4.79 Å². The van der Waals surface area contributed by atoms with Crippen LogP contribution in [0.3, 0.4) is 0 Å². The molecule has 0 spiro atoms. The predicted molar refractivity (Wildman–Crippen MR) is 110 cm³/mol. The van der Waals surface area contributed by atoms with Gasteiger partial charge < -0.3 is 13.9 Å². The van der Waals surface area contributed by atoms with Crippen molar-refractivity contribution in [3.05, 3.63) is 93.6 Å². The summed E-state index contributed by atoms with van der Waals surface area (Å²) in [5, 5.41) is 1.09. The van der Waals surface area contributed by atoms with Gasteiger partial charge in [0.1, 0.15) is 17.9 Å². The van der Waals surface area contributed by atoms with Gasteiger partial charge in [-0.05, 0) is 54.1 Å². The lowest BCUT2D eigenvalue weighted by Gasteiger charge is -2.12. The normalized spacial score (nSPS) is 10.8. The van der Waals surface area contributed by atoms with E-state index in [1.165, 1.54) is 0 Å². The van der Waals surface area contributed by atoms with E-state index in [0.29, 0.717) is 27.5 Å². The Bertz CT molecular complexity index is 1180. The molecule has 0 aliphatic heterocycles. The minimum atomic E-state index is -0.213. The monoisotopic (exact) mass is 392 g/mol. The van der Waals surface area contributed by atoms with Gasteiger partial charge in [-0.2, -0.15) is 0 Å². The molecule has 0 saturated carbocycles. The molecule has 1 aromatic heterocycles. The molecule has 5 heteroatoms. The standard InChI is InChI=1S/C23H17ClO4/c1-26-18-11-9-16(10-12-18)22-23(27-14-15-5-4-6-17(24)13-15)21(25)19-7-2-3-8-20(19)28-22/h2-13H,14H2,1H3. The van der Waals surface area contributed by atoms with Gasteiger partial charge in [-0.25, -0.2) is 0 Å². The summed E-state index contributed by atoms with van der Waals surface area (Å²) in [7, 11) is 1.60. The molecule has 28 heavy (non-hydrogen) atoms. The molecule has 4 rings (SSSR count). The zero-order valence-corrected chi connectivity index (χ0v) is 15.9. The molecule has 1 heterocycles. The number of benzene rings is 3. The highest BCUT2D eigenvalue weighted by Crippen LogP contribution is 2.32. The van der Waals surface area contributed by atoms with E-state index in [1.807, 2.05) is 42.5 Å². The van der Waals surface area contributed by atoms with Crippen LogP contribution in [0.25, 0.3) is 22.3 Å². The van der Waals surface area contributed by atoms with Crippen molar-refractivity contribution >= 4 is 22.6 Å². The third-order valence-corrected chi connectivity index (χ3v) is 4.62. The van der Waals surface area contributed by atoms with E-state index in [-0.39, 0.29) is 17.8 Å². The highest BCUT2D eigenvalue weighted by molar-refractivity contribution is 6.30. The molecule has 0 amide bonds. The zero-order valence-electron chi connectivity index (χ0n) is 15.1. The van der Waals surface area contributed by atoms with Gasteiger partial charge in [0.05, 0.1) is 12.5 Å². The molecule has 4 aromatic rings. The van der Waals surface area contributed by atoms with E-state index in [2.05, 4.69) is 0 Å². The summed E-state index contributed by atoms with van der Waals surface area (Å²) in [4.78, 5) is 13.1. The lowest BCUT2D eigenvalue weighted by Crippen LogP contribution is -2.10. The van der Waals surface area contributed by atoms with Crippen molar-refractivity contribution in [3.8, 4) is 22.8 Å². The average Bonchev–Trinajstić information content (AvgIpc) is 2.73. The maximum absolute atomic E-state index is 13.1. The van der Waals surface area contributed by atoms with E-state index >= 15 is 0 Å². The first-order valence-electron chi connectivity index (χ1n) is 8.73. The van der Waals surface area contributed by atoms with Crippen molar-refractivity contribution < 1.29 is 13.9 Å². The van der Waals surface area contributed by atoms with Gasteiger partial charge in [0.2, 0.25) is 11.2 Å². The number of hydrogen-bond acceptors (Lipinski definition) is 4. The number of fused-ring (bicyclic) bond motifs is 1. The van der Waals surface area contributed by atoms with Gasteiger partial charge >= 0.3 is 0 Å². The first kappa shape index (κ1) is 18.1. The van der Waals surface area contributed by atoms with Crippen molar-refractivity contribution in [2.45, 2.75) is 6.61 Å². The maximum atomic E-state index is 13.1. The largest absolute Gasteiger partial charge is 0.497 e. The van der Waals surface area contributed by atoms with Crippen LogP contribution in [0.4, 0.5) is 0 Å². The summed E-state index contributed by atoms with van der Waals surface area (Å²) in [6.45, 7) is 0.201. The van der Waals surface area contributed by atoms with Crippen molar-refractivity contribution in [1.82, 2.24) is 0 Å². The Labute approximate surface area is 166 Å². The Morgan fingerprint density at radius 2 is 1.75 bits per heavy atom. The van der Waals surface area contributed by atoms with Crippen LogP contribution >= 0.6 is 11.6 Å². The van der Waals surface area contributed by atoms with E-state index in [0.717, 1.165) is 11.1 Å². The van der Waals surface area contributed by atoms with Crippen LogP contribution in [-0.2, 0) is 6.61 Å². The van der Waals surface area contributed by atoms with Crippen molar-refractivity contribution in [1.29, 1.82) is 0 Å². The molecule has 140 valence electrons. The van der Waals surface area contributed by atoms with E-state index in [9.17, 15) is 4.79 Å². The average molecular weight is 393 g/mol. The Hall–Kier alpha value is -3.24. The topological polar surface area (TPSA) is 48.7 Å². The second kappa shape index (κ2) is 7.79. The number of para-hydroxylation sites is 1. The fourth-order valence-corrected chi connectivity index (χ4v) is 3.18. The number of methoxy groups -OCH3 is 1. The van der Waals surface area contributed by atoms with E-state index in [1.54, 1.807) is 37.4 Å². The minimum absolute atomic E-state index is 0.170. The molecule has 3 aromatic carbocycles. The molecule has 0 unspecified atom stereocenters. The first-order valence-corrected chi connectivity index (χ1v) is 9.11. The second-order valence-corrected chi connectivity index (χ2v) is 6.67. The summed E-state index contributed by atoms with van der Waals surface area (Å²) < 4.78 is 17.2. The van der Waals surface area contributed by atoms with E-state index in [4.69, 9.17) is 25.5 Å². The number of ether oxygens (including phenoxy) is 2. The number of hydrogen-bond donors (Lipinski definition) is 0. The molecule has 0 aliphatic rings. The molecule has 0 atom stereocenters.